The first-order valence-corrected chi connectivity index (χ1v) is 10.2. The molecule has 0 radical (unpaired) electrons. The SMILES string of the molecule is CN1CCC(CNc2ncc3c(-c4cc5cnccc5s4)c[nH]c3n2)CC1. The Labute approximate surface area is 161 Å². The monoisotopic (exact) mass is 378 g/mol. The molecule has 0 atom stereocenters. The lowest BCUT2D eigenvalue weighted by Crippen LogP contribution is -2.33. The smallest absolute Gasteiger partial charge is 0.224 e. The number of pyridine rings is 1. The molecule has 4 aromatic heterocycles. The molecule has 5 heterocycles. The van der Waals surface area contributed by atoms with Crippen molar-refractivity contribution in [2.24, 2.45) is 5.92 Å². The van der Waals surface area contributed by atoms with E-state index >= 15 is 0 Å². The van der Waals surface area contributed by atoms with Crippen molar-refractivity contribution in [3.05, 3.63) is 36.9 Å². The number of likely N-dealkylation sites (tertiary alicyclic amines) is 1. The van der Waals surface area contributed by atoms with Crippen LogP contribution in [0.1, 0.15) is 12.8 Å². The predicted octanol–water partition coefficient (Wildman–Crippen LogP) is 3.99. The van der Waals surface area contributed by atoms with Gasteiger partial charge < -0.3 is 15.2 Å². The lowest BCUT2D eigenvalue weighted by molar-refractivity contribution is 0.226. The zero-order valence-corrected chi connectivity index (χ0v) is 16.1. The van der Waals surface area contributed by atoms with Gasteiger partial charge in [-0.3, -0.25) is 4.98 Å². The molecule has 6 nitrogen and oxygen atoms in total. The van der Waals surface area contributed by atoms with Crippen molar-refractivity contribution >= 4 is 38.4 Å². The first kappa shape index (κ1) is 16.6. The van der Waals surface area contributed by atoms with E-state index in [1.54, 1.807) is 11.3 Å². The number of nitrogens with zero attached hydrogens (tertiary/aromatic N) is 4. The van der Waals surface area contributed by atoms with Crippen LogP contribution in [0.4, 0.5) is 5.95 Å². The zero-order valence-electron chi connectivity index (χ0n) is 15.3. The number of thiophene rings is 1. The van der Waals surface area contributed by atoms with Crippen molar-refractivity contribution in [1.29, 1.82) is 0 Å². The van der Waals surface area contributed by atoms with E-state index in [9.17, 15) is 0 Å². The zero-order chi connectivity index (χ0) is 18.2. The van der Waals surface area contributed by atoms with Gasteiger partial charge in [0.15, 0.2) is 0 Å². The highest BCUT2D eigenvalue weighted by molar-refractivity contribution is 7.22. The number of hydrogen-bond acceptors (Lipinski definition) is 6. The summed E-state index contributed by atoms with van der Waals surface area (Å²) in [4.78, 5) is 20.4. The minimum absolute atomic E-state index is 0.701. The number of nitrogens with one attached hydrogen (secondary N) is 2. The lowest BCUT2D eigenvalue weighted by Gasteiger charge is -2.28. The Morgan fingerprint density at radius 3 is 3.04 bits per heavy atom. The normalized spacial score (nSPS) is 16.3. The van der Waals surface area contributed by atoms with Gasteiger partial charge in [-0.25, -0.2) is 4.98 Å². The van der Waals surface area contributed by atoms with Gasteiger partial charge in [-0.1, -0.05) is 0 Å². The Balaban J connectivity index is 1.36. The summed E-state index contributed by atoms with van der Waals surface area (Å²) in [6.45, 7) is 3.30. The Kier molecular flexibility index (Phi) is 4.26. The van der Waals surface area contributed by atoms with E-state index in [-0.39, 0.29) is 0 Å². The van der Waals surface area contributed by atoms with Crippen molar-refractivity contribution in [1.82, 2.24) is 24.8 Å². The van der Waals surface area contributed by atoms with Crippen LogP contribution in [0.15, 0.2) is 36.9 Å². The third kappa shape index (κ3) is 3.28. The number of aromatic nitrogens is 4. The molecule has 5 rings (SSSR count). The maximum Gasteiger partial charge on any atom is 0.224 e. The van der Waals surface area contributed by atoms with E-state index in [0.29, 0.717) is 11.9 Å². The van der Waals surface area contributed by atoms with Crippen LogP contribution in [0, 0.1) is 5.92 Å². The Morgan fingerprint density at radius 2 is 2.19 bits per heavy atom. The fourth-order valence-electron chi connectivity index (χ4n) is 3.72. The summed E-state index contributed by atoms with van der Waals surface area (Å²) in [7, 11) is 2.19. The number of H-pyrrole nitrogens is 1. The van der Waals surface area contributed by atoms with Gasteiger partial charge in [0, 0.05) is 57.2 Å². The molecule has 0 aliphatic carbocycles. The van der Waals surface area contributed by atoms with Crippen LogP contribution in [-0.2, 0) is 0 Å². The molecule has 4 aromatic rings. The summed E-state index contributed by atoms with van der Waals surface area (Å²) in [6, 6.07) is 4.24. The van der Waals surface area contributed by atoms with Crippen LogP contribution in [-0.4, -0.2) is 51.5 Å². The van der Waals surface area contributed by atoms with Crippen LogP contribution >= 0.6 is 11.3 Å². The maximum absolute atomic E-state index is 4.68. The summed E-state index contributed by atoms with van der Waals surface area (Å²) < 4.78 is 1.24. The molecule has 27 heavy (non-hydrogen) atoms. The molecule has 0 saturated carbocycles. The van der Waals surface area contributed by atoms with Gasteiger partial charge in [0.05, 0.1) is 0 Å². The van der Waals surface area contributed by atoms with Crippen LogP contribution in [0.5, 0.6) is 0 Å². The number of rotatable bonds is 4. The second-order valence-corrected chi connectivity index (χ2v) is 8.39. The molecule has 0 spiro atoms. The van der Waals surface area contributed by atoms with Crippen molar-refractivity contribution in [2.75, 3.05) is 32.0 Å². The molecule has 1 aliphatic rings. The summed E-state index contributed by atoms with van der Waals surface area (Å²) >= 11 is 1.77. The summed E-state index contributed by atoms with van der Waals surface area (Å²) in [5.41, 5.74) is 2.02. The highest BCUT2D eigenvalue weighted by atomic mass is 32.1. The van der Waals surface area contributed by atoms with Gasteiger partial charge in [-0.05, 0) is 51.0 Å². The summed E-state index contributed by atoms with van der Waals surface area (Å²) in [5, 5.41) is 5.65. The van der Waals surface area contributed by atoms with Gasteiger partial charge in [-0.15, -0.1) is 11.3 Å². The quantitative estimate of drug-likeness (QED) is 0.562. The summed E-state index contributed by atoms with van der Waals surface area (Å²) in [5.74, 6) is 1.40. The van der Waals surface area contributed by atoms with Crippen molar-refractivity contribution < 1.29 is 0 Å². The third-order valence-electron chi connectivity index (χ3n) is 5.40. The standard InChI is InChI=1S/C20H22N6S/c1-26-6-3-13(4-7-26)9-23-20-24-12-16-15(11-22-19(16)25-20)18-8-14-10-21-5-2-17(14)27-18/h2,5,8,10-13H,3-4,6-7,9H2,1H3,(H2,22,23,24,25). The van der Waals surface area contributed by atoms with E-state index in [4.69, 9.17) is 0 Å². The average molecular weight is 379 g/mol. The van der Waals surface area contributed by atoms with Gasteiger partial charge >= 0.3 is 0 Å². The first-order chi connectivity index (χ1) is 13.3. The number of anilines is 1. The van der Waals surface area contributed by atoms with Crippen LogP contribution in [0.2, 0.25) is 0 Å². The molecule has 0 aromatic carbocycles. The largest absolute Gasteiger partial charge is 0.354 e. The second-order valence-electron chi connectivity index (χ2n) is 7.31. The summed E-state index contributed by atoms with van der Waals surface area (Å²) in [6.07, 6.45) is 10.2. The molecule has 138 valence electrons. The Hall–Kier alpha value is -2.51. The highest BCUT2D eigenvalue weighted by Crippen LogP contribution is 2.36. The second kappa shape index (κ2) is 6.90. The van der Waals surface area contributed by atoms with Gasteiger partial charge in [0.25, 0.3) is 0 Å². The molecular formula is C20H22N6S. The van der Waals surface area contributed by atoms with E-state index in [1.807, 2.05) is 24.8 Å². The van der Waals surface area contributed by atoms with E-state index in [1.165, 1.54) is 40.9 Å². The van der Waals surface area contributed by atoms with Crippen molar-refractivity contribution in [3.8, 4) is 10.4 Å². The van der Waals surface area contributed by atoms with Gasteiger partial charge in [0.1, 0.15) is 5.65 Å². The molecule has 1 aliphatic heterocycles. The molecule has 1 saturated heterocycles. The Bertz CT molecular complexity index is 1040. The van der Waals surface area contributed by atoms with Crippen molar-refractivity contribution in [3.63, 3.8) is 0 Å². The number of piperidine rings is 1. The molecule has 0 amide bonds. The van der Waals surface area contributed by atoms with E-state index in [0.717, 1.165) is 23.1 Å². The van der Waals surface area contributed by atoms with Gasteiger partial charge in [-0.2, -0.15) is 4.98 Å². The molecular weight excluding hydrogens is 356 g/mol. The lowest BCUT2D eigenvalue weighted by atomic mass is 9.97. The molecule has 2 N–H and O–H groups in total. The van der Waals surface area contributed by atoms with Crippen LogP contribution in [0.3, 0.4) is 0 Å². The minimum atomic E-state index is 0.701. The number of hydrogen-bond donors (Lipinski definition) is 2. The fraction of sp³-hybridized carbons (Fsp3) is 0.350. The average Bonchev–Trinajstić information content (AvgIpc) is 3.30. The van der Waals surface area contributed by atoms with E-state index in [2.05, 4.69) is 49.3 Å². The fourth-order valence-corrected chi connectivity index (χ4v) is 4.78. The molecule has 0 bridgehead atoms. The molecule has 1 fully saturated rings. The third-order valence-corrected chi connectivity index (χ3v) is 6.55. The Morgan fingerprint density at radius 1 is 1.30 bits per heavy atom. The van der Waals surface area contributed by atoms with Crippen LogP contribution < -0.4 is 5.32 Å². The predicted molar refractivity (Wildman–Crippen MR) is 111 cm³/mol. The topological polar surface area (TPSA) is 69.7 Å². The number of fused-ring (bicyclic) bond motifs is 2. The van der Waals surface area contributed by atoms with Crippen molar-refractivity contribution in [2.45, 2.75) is 12.8 Å². The van der Waals surface area contributed by atoms with E-state index < -0.39 is 0 Å². The minimum Gasteiger partial charge on any atom is -0.354 e. The molecule has 7 heteroatoms. The van der Waals surface area contributed by atoms with Crippen LogP contribution in [0.25, 0.3) is 31.6 Å². The maximum atomic E-state index is 4.68. The highest BCUT2D eigenvalue weighted by Gasteiger charge is 2.17. The molecule has 0 unspecified atom stereocenters. The number of aromatic amines is 1. The first-order valence-electron chi connectivity index (χ1n) is 9.37. The van der Waals surface area contributed by atoms with Gasteiger partial charge in [0.2, 0.25) is 5.95 Å².